The third kappa shape index (κ3) is 2.63. The molecule has 1 fully saturated rings. The second-order valence-electron chi connectivity index (χ2n) is 5.53. The normalized spacial score (nSPS) is 39.4. The molecule has 0 radical (unpaired) electrons. The summed E-state index contributed by atoms with van der Waals surface area (Å²) in [6, 6.07) is 0. The minimum Gasteiger partial charge on any atom is -0.478 e. The average molecular weight is 278 g/mol. The number of hydrogen-bond donors (Lipinski definition) is 1. The summed E-state index contributed by atoms with van der Waals surface area (Å²) in [7, 11) is 0. The number of carbonyl (C=O) groups is 1. The molecule has 0 aromatic heterocycles. The van der Waals surface area contributed by atoms with Crippen molar-refractivity contribution >= 4 is 5.97 Å². The van der Waals surface area contributed by atoms with Gasteiger partial charge < -0.3 is 9.84 Å². The molecular formula is C13H17F3O3. The zero-order chi connectivity index (χ0) is 14.4. The van der Waals surface area contributed by atoms with E-state index >= 15 is 0 Å². The van der Waals surface area contributed by atoms with Crippen molar-refractivity contribution in [2.75, 3.05) is 0 Å². The van der Waals surface area contributed by atoms with Gasteiger partial charge >= 0.3 is 12.1 Å². The van der Waals surface area contributed by atoms with Gasteiger partial charge in [-0.1, -0.05) is 19.9 Å². The predicted octanol–water partition coefficient (Wildman–Crippen LogP) is 3.01. The molecule has 5 atom stereocenters. The molecule has 0 bridgehead atoms. The van der Waals surface area contributed by atoms with Crippen LogP contribution in [0.4, 0.5) is 13.2 Å². The van der Waals surface area contributed by atoms with Gasteiger partial charge in [0.25, 0.3) is 0 Å². The van der Waals surface area contributed by atoms with E-state index < -0.39 is 29.9 Å². The van der Waals surface area contributed by atoms with E-state index in [2.05, 4.69) is 0 Å². The van der Waals surface area contributed by atoms with Crippen LogP contribution in [0.2, 0.25) is 0 Å². The molecule has 0 spiro atoms. The van der Waals surface area contributed by atoms with Crippen molar-refractivity contribution < 1.29 is 27.8 Å². The molecule has 0 amide bonds. The first-order valence-corrected chi connectivity index (χ1v) is 6.39. The number of halogens is 3. The summed E-state index contributed by atoms with van der Waals surface area (Å²) in [6.07, 6.45) is -4.71. The van der Waals surface area contributed by atoms with Gasteiger partial charge in [0.05, 0.1) is 11.7 Å². The van der Waals surface area contributed by atoms with Gasteiger partial charge in [-0.25, -0.2) is 4.79 Å². The highest BCUT2D eigenvalue weighted by atomic mass is 19.4. The Labute approximate surface area is 109 Å². The van der Waals surface area contributed by atoms with Crippen LogP contribution >= 0.6 is 0 Å². The van der Waals surface area contributed by atoms with E-state index in [1.165, 1.54) is 6.08 Å². The first-order chi connectivity index (χ1) is 8.71. The van der Waals surface area contributed by atoms with Crippen LogP contribution in [-0.4, -0.2) is 29.5 Å². The van der Waals surface area contributed by atoms with Gasteiger partial charge in [-0.2, -0.15) is 13.2 Å². The van der Waals surface area contributed by atoms with Gasteiger partial charge in [0, 0.05) is 5.92 Å². The Morgan fingerprint density at radius 1 is 1.37 bits per heavy atom. The monoisotopic (exact) mass is 278 g/mol. The van der Waals surface area contributed by atoms with Crippen LogP contribution in [0.3, 0.4) is 0 Å². The van der Waals surface area contributed by atoms with Crippen LogP contribution in [0.25, 0.3) is 0 Å². The molecule has 5 unspecified atom stereocenters. The van der Waals surface area contributed by atoms with Crippen LogP contribution in [0, 0.1) is 17.8 Å². The first-order valence-electron chi connectivity index (χ1n) is 6.39. The molecule has 1 saturated carbocycles. The topological polar surface area (TPSA) is 46.5 Å². The lowest BCUT2D eigenvalue weighted by molar-refractivity contribution is -0.240. The maximum Gasteiger partial charge on any atom is 0.419 e. The van der Waals surface area contributed by atoms with E-state index in [1.807, 2.05) is 13.8 Å². The van der Waals surface area contributed by atoms with Gasteiger partial charge in [-0.3, -0.25) is 0 Å². The van der Waals surface area contributed by atoms with Gasteiger partial charge in [0.1, 0.15) is 0 Å². The van der Waals surface area contributed by atoms with Crippen LogP contribution < -0.4 is 0 Å². The van der Waals surface area contributed by atoms with Crippen LogP contribution in [0.15, 0.2) is 11.6 Å². The molecular weight excluding hydrogens is 261 g/mol. The Hall–Kier alpha value is -1.04. The number of alkyl halides is 3. The van der Waals surface area contributed by atoms with Crippen molar-refractivity contribution in [3.8, 4) is 0 Å². The molecule has 3 nitrogen and oxygen atoms in total. The Balaban J connectivity index is 2.34. The number of rotatable bonds is 1. The smallest absolute Gasteiger partial charge is 0.419 e. The lowest BCUT2D eigenvalue weighted by atomic mass is 9.71. The molecule has 108 valence electrons. The van der Waals surface area contributed by atoms with Crippen LogP contribution in [0.1, 0.15) is 26.7 Å². The number of carboxylic acids is 1. The summed E-state index contributed by atoms with van der Waals surface area (Å²) in [5.41, 5.74) is -0.671. The van der Waals surface area contributed by atoms with E-state index in [9.17, 15) is 18.0 Å². The van der Waals surface area contributed by atoms with Crippen LogP contribution in [-0.2, 0) is 9.53 Å². The molecule has 1 N–H and O–H groups in total. The van der Waals surface area contributed by atoms with Gasteiger partial charge in [-0.15, -0.1) is 0 Å². The largest absolute Gasteiger partial charge is 0.478 e. The molecule has 2 aliphatic rings. The van der Waals surface area contributed by atoms with E-state index in [0.29, 0.717) is 6.42 Å². The van der Waals surface area contributed by atoms with Crippen molar-refractivity contribution in [1.82, 2.24) is 0 Å². The van der Waals surface area contributed by atoms with Crippen molar-refractivity contribution in [1.29, 1.82) is 0 Å². The maximum atomic E-state index is 12.9. The summed E-state index contributed by atoms with van der Waals surface area (Å²) in [5, 5.41) is 8.93. The van der Waals surface area contributed by atoms with E-state index in [4.69, 9.17) is 9.84 Å². The first kappa shape index (κ1) is 14.4. The lowest BCUT2D eigenvalue weighted by Crippen LogP contribution is -2.49. The molecule has 1 aliphatic heterocycles. The summed E-state index contributed by atoms with van der Waals surface area (Å²) in [6.45, 7) is 3.86. The standard InChI is InChI=1S/C13H17F3O3/c1-6-3-4-8-5-9(12(17)18)11(13(14,15)16)19-10(8)7(6)2/h5-8,10-11H,3-4H2,1-2H3,(H,17,18). The molecule has 6 heteroatoms. The Morgan fingerprint density at radius 3 is 2.53 bits per heavy atom. The predicted molar refractivity (Wildman–Crippen MR) is 61.5 cm³/mol. The molecule has 2 rings (SSSR count). The highest BCUT2D eigenvalue weighted by molar-refractivity contribution is 5.88. The number of ether oxygens (including phenoxy) is 1. The molecule has 0 saturated heterocycles. The highest BCUT2D eigenvalue weighted by Crippen LogP contribution is 2.43. The summed E-state index contributed by atoms with van der Waals surface area (Å²) in [4.78, 5) is 11.0. The number of hydrogen-bond acceptors (Lipinski definition) is 2. The summed E-state index contributed by atoms with van der Waals surface area (Å²) in [5.74, 6) is -1.49. The van der Waals surface area contributed by atoms with E-state index in [-0.39, 0.29) is 17.8 Å². The minimum atomic E-state index is -4.68. The van der Waals surface area contributed by atoms with Crippen molar-refractivity contribution in [3.05, 3.63) is 11.6 Å². The number of carboxylic acid groups (broad SMARTS) is 1. The average Bonchev–Trinajstić information content (AvgIpc) is 2.31. The molecule has 1 heterocycles. The van der Waals surface area contributed by atoms with Gasteiger partial charge in [0.2, 0.25) is 0 Å². The third-order valence-corrected chi connectivity index (χ3v) is 4.31. The fourth-order valence-electron chi connectivity index (χ4n) is 2.98. The van der Waals surface area contributed by atoms with Crippen LogP contribution in [0.5, 0.6) is 0 Å². The van der Waals surface area contributed by atoms with E-state index in [1.54, 1.807) is 0 Å². The minimum absolute atomic E-state index is 0.00445. The summed E-state index contributed by atoms with van der Waals surface area (Å²) < 4.78 is 43.9. The molecule has 19 heavy (non-hydrogen) atoms. The van der Waals surface area contributed by atoms with Crippen molar-refractivity contribution in [2.24, 2.45) is 17.8 Å². The molecule has 1 aliphatic carbocycles. The zero-order valence-electron chi connectivity index (χ0n) is 10.8. The molecule has 0 aromatic rings. The third-order valence-electron chi connectivity index (χ3n) is 4.31. The Kier molecular flexibility index (Phi) is 3.64. The SMILES string of the molecule is CC1CCC2C=C(C(=O)O)C(C(F)(F)F)OC2C1C. The van der Waals surface area contributed by atoms with Crippen molar-refractivity contribution in [2.45, 2.75) is 45.1 Å². The summed E-state index contributed by atoms with van der Waals surface area (Å²) >= 11 is 0. The quantitative estimate of drug-likeness (QED) is 0.802. The number of aliphatic carboxylic acids is 1. The van der Waals surface area contributed by atoms with E-state index in [0.717, 1.165) is 6.42 Å². The fraction of sp³-hybridized carbons (Fsp3) is 0.769. The Bertz CT molecular complexity index is 402. The second-order valence-corrected chi connectivity index (χ2v) is 5.53. The highest BCUT2D eigenvalue weighted by Gasteiger charge is 2.52. The fourth-order valence-corrected chi connectivity index (χ4v) is 2.98. The van der Waals surface area contributed by atoms with Gasteiger partial charge in [0.15, 0.2) is 6.10 Å². The second kappa shape index (κ2) is 4.81. The lowest BCUT2D eigenvalue weighted by Gasteiger charge is -2.44. The molecule has 0 aromatic carbocycles. The van der Waals surface area contributed by atoms with Gasteiger partial charge in [-0.05, 0) is 24.7 Å². The van der Waals surface area contributed by atoms with Crippen molar-refractivity contribution in [3.63, 3.8) is 0 Å². The zero-order valence-corrected chi connectivity index (χ0v) is 10.8. The Morgan fingerprint density at radius 2 is 2.00 bits per heavy atom. The number of fused-ring (bicyclic) bond motifs is 1. The maximum absolute atomic E-state index is 12.9.